The van der Waals surface area contributed by atoms with E-state index in [0.29, 0.717) is 5.52 Å². The van der Waals surface area contributed by atoms with Crippen LogP contribution in [-0.2, 0) is 0 Å². The molecule has 0 N–H and O–H groups in total. The third kappa shape index (κ3) is 1.33. The summed E-state index contributed by atoms with van der Waals surface area (Å²) in [6.07, 6.45) is 1.47. The van der Waals surface area contributed by atoms with Crippen LogP contribution in [0.4, 0.5) is 0 Å². The van der Waals surface area contributed by atoms with Gasteiger partial charge in [0.1, 0.15) is 5.97 Å². The summed E-state index contributed by atoms with van der Waals surface area (Å²) in [5.41, 5.74) is 0.608. The molecule has 0 spiro atoms. The third-order valence-corrected chi connectivity index (χ3v) is 1.67. The highest BCUT2D eigenvalue weighted by Crippen LogP contribution is 2.08. The molecule has 64 valence electrons. The van der Waals surface area contributed by atoms with E-state index < -0.39 is 5.97 Å². The van der Waals surface area contributed by atoms with E-state index in [1.54, 1.807) is 12.1 Å². The molecular weight excluding hydrogens is 168 g/mol. The Labute approximate surface area is 73.9 Å². The molecule has 0 aliphatic heterocycles. The molecule has 0 fully saturated rings. The number of rotatable bonds is 1. The lowest BCUT2D eigenvalue weighted by Crippen LogP contribution is -2.24. The van der Waals surface area contributed by atoms with Crippen molar-refractivity contribution in [2.45, 2.75) is 0 Å². The van der Waals surface area contributed by atoms with Crippen molar-refractivity contribution in [3.05, 3.63) is 36.3 Å². The molecule has 0 aliphatic rings. The summed E-state index contributed by atoms with van der Waals surface area (Å²) in [5.74, 6) is -1.63. The van der Waals surface area contributed by atoms with Gasteiger partial charge in [-0.15, -0.1) is 0 Å². The summed E-state index contributed by atoms with van der Waals surface area (Å²) < 4.78 is 0. The highest BCUT2D eigenvalue weighted by Gasteiger charge is 1.98. The lowest BCUT2D eigenvalue weighted by atomic mass is 10.2. The first-order chi connectivity index (χ1) is 6.27. The van der Waals surface area contributed by atoms with Crippen molar-refractivity contribution < 1.29 is 9.90 Å². The third-order valence-electron chi connectivity index (χ3n) is 1.67. The molecule has 0 bridgehead atoms. The average Bonchev–Trinajstić information content (AvgIpc) is 2.17. The fourth-order valence-electron chi connectivity index (χ4n) is 1.07. The van der Waals surface area contributed by atoms with E-state index in [-0.39, 0.29) is 5.82 Å². The Balaban J connectivity index is 2.69. The van der Waals surface area contributed by atoms with Gasteiger partial charge in [-0.3, -0.25) is 0 Å². The lowest BCUT2D eigenvalue weighted by molar-refractivity contribution is -0.256. The fraction of sp³-hybridized carbons (Fsp3) is 0. The second-order valence-corrected chi connectivity index (χ2v) is 2.54. The monoisotopic (exact) mass is 173 g/mol. The minimum absolute atomic E-state index is 0.279. The van der Waals surface area contributed by atoms with Crippen molar-refractivity contribution in [2.75, 3.05) is 0 Å². The number of aromatic carboxylic acids is 1. The number of benzene rings is 1. The zero-order valence-electron chi connectivity index (χ0n) is 6.60. The summed E-state index contributed by atoms with van der Waals surface area (Å²) in [5, 5.41) is 11.2. The topological polar surface area (TPSA) is 65.9 Å². The molecular formula is C9H5N2O2-. The Morgan fingerprint density at radius 1 is 1.31 bits per heavy atom. The zero-order chi connectivity index (χ0) is 9.26. The van der Waals surface area contributed by atoms with Crippen molar-refractivity contribution in [3.8, 4) is 0 Å². The van der Waals surface area contributed by atoms with Gasteiger partial charge in [0, 0.05) is 11.6 Å². The zero-order valence-corrected chi connectivity index (χ0v) is 6.60. The van der Waals surface area contributed by atoms with E-state index in [0.717, 1.165) is 5.39 Å². The molecule has 0 saturated heterocycles. The molecule has 0 amide bonds. The van der Waals surface area contributed by atoms with Gasteiger partial charge >= 0.3 is 0 Å². The number of carboxylic acid groups (broad SMARTS) is 1. The summed E-state index contributed by atoms with van der Waals surface area (Å²) >= 11 is 0. The molecule has 2 aromatic rings. The summed E-state index contributed by atoms with van der Waals surface area (Å²) in [7, 11) is 0. The maximum absolute atomic E-state index is 10.4. The van der Waals surface area contributed by atoms with Gasteiger partial charge in [-0.1, -0.05) is 18.2 Å². The summed E-state index contributed by atoms with van der Waals surface area (Å²) in [6, 6.07) is 7.16. The number of para-hydroxylation sites is 1. The minimum atomic E-state index is -1.36. The number of carbonyl (C=O) groups excluding carboxylic acids is 1. The van der Waals surface area contributed by atoms with Crippen LogP contribution in [0.25, 0.3) is 10.9 Å². The molecule has 4 heteroatoms. The van der Waals surface area contributed by atoms with Crippen LogP contribution in [0.2, 0.25) is 0 Å². The Morgan fingerprint density at radius 2 is 2.08 bits per heavy atom. The average molecular weight is 173 g/mol. The van der Waals surface area contributed by atoms with Gasteiger partial charge in [-0.2, -0.15) is 0 Å². The van der Waals surface area contributed by atoms with E-state index in [1.807, 2.05) is 12.1 Å². The molecule has 2 rings (SSSR count). The lowest BCUT2D eigenvalue weighted by Gasteiger charge is -2.01. The van der Waals surface area contributed by atoms with Crippen molar-refractivity contribution >= 4 is 16.9 Å². The van der Waals surface area contributed by atoms with Crippen molar-refractivity contribution in [1.82, 2.24) is 9.97 Å². The van der Waals surface area contributed by atoms with Crippen LogP contribution >= 0.6 is 0 Å². The van der Waals surface area contributed by atoms with E-state index in [9.17, 15) is 9.90 Å². The van der Waals surface area contributed by atoms with Crippen LogP contribution < -0.4 is 5.11 Å². The smallest absolute Gasteiger partial charge is 0.175 e. The molecule has 0 atom stereocenters. The van der Waals surface area contributed by atoms with Gasteiger partial charge in [-0.25, -0.2) is 9.97 Å². The normalized spacial score (nSPS) is 10.2. The van der Waals surface area contributed by atoms with Crippen LogP contribution in [-0.4, -0.2) is 15.9 Å². The first kappa shape index (κ1) is 7.67. The molecule has 0 radical (unpaired) electrons. The molecule has 4 nitrogen and oxygen atoms in total. The number of aromatic nitrogens is 2. The highest BCUT2D eigenvalue weighted by atomic mass is 16.4. The van der Waals surface area contributed by atoms with Gasteiger partial charge in [0.15, 0.2) is 5.82 Å². The Hall–Kier alpha value is -1.97. The predicted octanol–water partition coefficient (Wildman–Crippen LogP) is -0.00670. The number of carbonyl (C=O) groups is 1. The molecule has 0 unspecified atom stereocenters. The maximum atomic E-state index is 10.4. The van der Waals surface area contributed by atoms with E-state index in [2.05, 4.69) is 9.97 Å². The first-order valence-corrected chi connectivity index (χ1v) is 3.70. The van der Waals surface area contributed by atoms with Crippen molar-refractivity contribution in [3.63, 3.8) is 0 Å². The van der Waals surface area contributed by atoms with Crippen LogP contribution in [0.3, 0.4) is 0 Å². The van der Waals surface area contributed by atoms with Gasteiger partial charge < -0.3 is 9.90 Å². The van der Waals surface area contributed by atoms with Crippen LogP contribution in [0.15, 0.2) is 30.5 Å². The Kier molecular flexibility index (Phi) is 1.66. The van der Waals surface area contributed by atoms with Crippen LogP contribution in [0, 0.1) is 0 Å². The standard InChI is InChI=1S/C9H6N2O2/c12-9(13)8-10-5-6-3-1-2-4-7(6)11-8/h1-5H,(H,12,13)/p-1. The van der Waals surface area contributed by atoms with E-state index in [4.69, 9.17) is 0 Å². The molecule has 0 aliphatic carbocycles. The number of nitrogens with zero attached hydrogens (tertiary/aromatic N) is 2. The first-order valence-electron chi connectivity index (χ1n) is 3.70. The summed E-state index contributed by atoms with van der Waals surface area (Å²) in [6.45, 7) is 0. The number of hydrogen-bond acceptors (Lipinski definition) is 4. The summed E-state index contributed by atoms with van der Waals surface area (Å²) in [4.78, 5) is 17.8. The molecule has 1 aromatic heterocycles. The van der Waals surface area contributed by atoms with Crippen molar-refractivity contribution in [2.24, 2.45) is 0 Å². The largest absolute Gasteiger partial charge is 0.542 e. The number of carboxylic acids is 1. The Bertz CT molecular complexity index is 468. The molecule has 13 heavy (non-hydrogen) atoms. The quantitative estimate of drug-likeness (QED) is 0.608. The van der Waals surface area contributed by atoms with E-state index in [1.165, 1.54) is 6.20 Å². The maximum Gasteiger partial charge on any atom is 0.175 e. The molecule has 1 aromatic carbocycles. The van der Waals surface area contributed by atoms with Crippen LogP contribution in [0.1, 0.15) is 10.6 Å². The van der Waals surface area contributed by atoms with Gasteiger partial charge in [0.05, 0.1) is 5.52 Å². The fourth-order valence-corrected chi connectivity index (χ4v) is 1.07. The van der Waals surface area contributed by atoms with Gasteiger partial charge in [-0.05, 0) is 6.07 Å². The number of hydrogen-bond donors (Lipinski definition) is 0. The SMILES string of the molecule is O=C([O-])c1ncc2ccccc2n1. The highest BCUT2D eigenvalue weighted by molar-refractivity contribution is 5.85. The second-order valence-electron chi connectivity index (χ2n) is 2.54. The Morgan fingerprint density at radius 3 is 2.85 bits per heavy atom. The van der Waals surface area contributed by atoms with Crippen LogP contribution in [0.5, 0.6) is 0 Å². The predicted molar refractivity (Wildman–Crippen MR) is 43.9 cm³/mol. The van der Waals surface area contributed by atoms with E-state index >= 15 is 0 Å². The van der Waals surface area contributed by atoms with Gasteiger partial charge in [0.25, 0.3) is 0 Å². The van der Waals surface area contributed by atoms with Gasteiger partial charge in [0.2, 0.25) is 0 Å². The molecule has 1 heterocycles. The molecule has 0 saturated carbocycles. The number of fused-ring (bicyclic) bond motifs is 1. The second kappa shape index (κ2) is 2.82. The van der Waals surface area contributed by atoms with Crippen molar-refractivity contribution in [1.29, 1.82) is 0 Å². The minimum Gasteiger partial charge on any atom is -0.542 e.